The zero-order valence-corrected chi connectivity index (χ0v) is 24.1. The Morgan fingerprint density at radius 1 is 0.429 bits per heavy atom. The van der Waals surface area contributed by atoms with Crippen LogP contribution in [0.25, 0.3) is 22.3 Å². The van der Waals surface area contributed by atoms with E-state index in [1.807, 2.05) is 0 Å². The summed E-state index contributed by atoms with van der Waals surface area (Å²) >= 11 is 0. The van der Waals surface area contributed by atoms with E-state index < -0.39 is 0 Å². The first-order valence-electron chi connectivity index (χ1n) is 15.2. The minimum Gasteiger partial charge on any atom is -0.310 e. The van der Waals surface area contributed by atoms with E-state index in [0.717, 1.165) is 12.8 Å². The predicted octanol–water partition coefficient (Wildman–Crippen LogP) is 10.6. The molecule has 0 N–H and O–H groups in total. The molecule has 6 aromatic rings. The Bertz CT molecular complexity index is 1870. The van der Waals surface area contributed by atoms with Crippen LogP contribution in [0.4, 0.5) is 17.1 Å². The molecule has 2 aliphatic rings. The van der Waals surface area contributed by atoms with Gasteiger partial charge in [0.1, 0.15) is 0 Å². The summed E-state index contributed by atoms with van der Waals surface area (Å²) in [6.45, 7) is 4.51. The molecule has 0 bridgehead atoms. The lowest BCUT2D eigenvalue weighted by Crippen LogP contribution is -2.26. The fraction of sp³-hybridized carbons (Fsp3) is 0.122. The molecule has 8 rings (SSSR count). The SMILES string of the molecule is CCc1ccccc1N(c1ccc2c(c1)C1(c3ccccc3-c3ccccc31)c1ccccc1-2)c1ccccc1CC. The number of anilines is 3. The van der Waals surface area contributed by atoms with Gasteiger partial charge in [-0.1, -0.05) is 129 Å². The van der Waals surface area contributed by atoms with Crippen LogP contribution in [0, 0.1) is 0 Å². The van der Waals surface area contributed by atoms with Crippen LogP contribution in [0.3, 0.4) is 0 Å². The maximum atomic E-state index is 2.50. The van der Waals surface area contributed by atoms with Gasteiger partial charge in [-0.05, 0) is 92.7 Å². The van der Waals surface area contributed by atoms with Gasteiger partial charge in [0.05, 0.1) is 5.41 Å². The van der Waals surface area contributed by atoms with Gasteiger partial charge in [-0.2, -0.15) is 0 Å². The maximum Gasteiger partial charge on any atom is 0.0726 e. The van der Waals surface area contributed by atoms with Crippen molar-refractivity contribution in [2.75, 3.05) is 4.90 Å². The maximum absolute atomic E-state index is 2.50. The Balaban J connectivity index is 1.46. The lowest BCUT2D eigenvalue weighted by Gasteiger charge is -2.33. The first-order chi connectivity index (χ1) is 20.8. The van der Waals surface area contributed by atoms with Gasteiger partial charge in [0.2, 0.25) is 0 Å². The molecule has 6 aromatic carbocycles. The summed E-state index contributed by atoms with van der Waals surface area (Å²) in [6.07, 6.45) is 1.95. The molecule has 0 radical (unpaired) electrons. The van der Waals surface area contributed by atoms with Crippen LogP contribution < -0.4 is 4.90 Å². The monoisotopic (exact) mass is 539 g/mol. The van der Waals surface area contributed by atoms with Crippen LogP contribution >= 0.6 is 0 Å². The molecule has 0 heterocycles. The number of rotatable bonds is 5. The van der Waals surface area contributed by atoms with E-state index in [0.29, 0.717) is 0 Å². The zero-order chi connectivity index (χ0) is 28.3. The molecule has 0 saturated heterocycles. The highest BCUT2D eigenvalue weighted by Crippen LogP contribution is 2.63. The number of aryl methyl sites for hydroxylation is 2. The third kappa shape index (κ3) is 3.31. The Labute approximate surface area is 248 Å². The fourth-order valence-electron chi connectivity index (χ4n) is 7.69. The number of fused-ring (bicyclic) bond motifs is 10. The number of para-hydroxylation sites is 2. The third-order valence-corrected chi connectivity index (χ3v) is 9.47. The number of hydrogen-bond donors (Lipinski definition) is 0. The lowest BCUT2D eigenvalue weighted by atomic mass is 9.70. The third-order valence-electron chi connectivity index (χ3n) is 9.47. The Morgan fingerprint density at radius 3 is 1.31 bits per heavy atom. The van der Waals surface area contributed by atoms with Gasteiger partial charge in [0.15, 0.2) is 0 Å². The molecule has 1 heteroatoms. The number of nitrogens with zero attached hydrogens (tertiary/aromatic N) is 1. The van der Waals surface area contributed by atoms with Gasteiger partial charge in [0.25, 0.3) is 0 Å². The lowest BCUT2D eigenvalue weighted by molar-refractivity contribution is 0.793. The van der Waals surface area contributed by atoms with Crippen LogP contribution in [-0.2, 0) is 18.3 Å². The van der Waals surface area contributed by atoms with Crippen LogP contribution in [0.15, 0.2) is 140 Å². The predicted molar refractivity (Wildman–Crippen MR) is 176 cm³/mol. The van der Waals surface area contributed by atoms with Gasteiger partial charge >= 0.3 is 0 Å². The summed E-state index contributed by atoms with van der Waals surface area (Å²) in [7, 11) is 0. The van der Waals surface area contributed by atoms with Crippen molar-refractivity contribution in [1.29, 1.82) is 0 Å². The van der Waals surface area contributed by atoms with Crippen molar-refractivity contribution < 1.29 is 0 Å². The smallest absolute Gasteiger partial charge is 0.0726 e. The fourth-order valence-corrected chi connectivity index (χ4v) is 7.69. The van der Waals surface area contributed by atoms with Crippen molar-refractivity contribution in [2.45, 2.75) is 32.1 Å². The van der Waals surface area contributed by atoms with Crippen molar-refractivity contribution in [3.05, 3.63) is 173 Å². The Kier molecular flexibility index (Phi) is 5.69. The van der Waals surface area contributed by atoms with Crippen molar-refractivity contribution in [1.82, 2.24) is 0 Å². The molecule has 202 valence electrons. The zero-order valence-electron chi connectivity index (χ0n) is 24.1. The van der Waals surface area contributed by atoms with E-state index in [1.165, 1.54) is 72.7 Å². The van der Waals surface area contributed by atoms with Gasteiger partial charge in [-0.3, -0.25) is 0 Å². The molecule has 0 saturated carbocycles. The summed E-state index contributed by atoms with van der Waals surface area (Å²) < 4.78 is 0. The highest BCUT2D eigenvalue weighted by Gasteiger charge is 2.51. The molecule has 2 aliphatic carbocycles. The van der Waals surface area contributed by atoms with E-state index in [2.05, 4.69) is 158 Å². The van der Waals surface area contributed by atoms with Crippen LogP contribution in [0.2, 0.25) is 0 Å². The van der Waals surface area contributed by atoms with Gasteiger partial charge in [-0.15, -0.1) is 0 Å². The normalized spacial score (nSPS) is 13.4. The van der Waals surface area contributed by atoms with Crippen LogP contribution in [-0.4, -0.2) is 0 Å². The van der Waals surface area contributed by atoms with E-state index in [-0.39, 0.29) is 5.41 Å². The molecular weight excluding hydrogens is 506 g/mol. The van der Waals surface area contributed by atoms with E-state index in [1.54, 1.807) is 0 Å². The summed E-state index contributed by atoms with van der Waals surface area (Å²) in [5, 5.41) is 0. The van der Waals surface area contributed by atoms with Gasteiger partial charge in [0, 0.05) is 17.1 Å². The van der Waals surface area contributed by atoms with Crippen molar-refractivity contribution in [3.63, 3.8) is 0 Å². The Morgan fingerprint density at radius 2 is 0.833 bits per heavy atom. The molecule has 1 nitrogen and oxygen atoms in total. The van der Waals surface area contributed by atoms with Gasteiger partial charge < -0.3 is 4.90 Å². The first-order valence-corrected chi connectivity index (χ1v) is 15.2. The van der Waals surface area contributed by atoms with Gasteiger partial charge in [-0.25, -0.2) is 0 Å². The quantitative estimate of drug-likeness (QED) is 0.210. The molecular formula is C41H33N. The summed E-state index contributed by atoms with van der Waals surface area (Å²) in [4.78, 5) is 2.50. The summed E-state index contributed by atoms with van der Waals surface area (Å²) in [5.41, 5.74) is 16.9. The van der Waals surface area contributed by atoms with Crippen LogP contribution in [0.5, 0.6) is 0 Å². The first kappa shape index (κ1) is 24.9. The minimum absolute atomic E-state index is 0.352. The summed E-state index contributed by atoms with van der Waals surface area (Å²) in [6, 6.07) is 52.1. The standard InChI is InChI=1S/C41H33N/c1-3-28-15-5-13-23-39(28)42(40-24-14-6-16-29(40)4-2)30-25-26-34-33-19-9-12-22-37(33)41(38(34)27-30)35-20-10-7-17-31(35)32-18-8-11-21-36(32)41/h5-27H,3-4H2,1-2H3. The van der Waals surface area contributed by atoms with E-state index in [4.69, 9.17) is 0 Å². The number of benzene rings is 6. The molecule has 0 unspecified atom stereocenters. The van der Waals surface area contributed by atoms with Crippen molar-refractivity contribution >= 4 is 17.1 Å². The molecule has 0 aromatic heterocycles. The number of hydrogen-bond acceptors (Lipinski definition) is 1. The van der Waals surface area contributed by atoms with E-state index in [9.17, 15) is 0 Å². The molecule has 0 amide bonds. The highest BCUT2D eigenvalue weighted by atomic mass is 15.1. The average molecular weight is 540 g/mol. The second-order valence-corrected chi connectivity index (χ2v) is 11.4. The minimum atomic E-state index is -0.352. The van der Waals surface area contributed by atoms with Crippen molar-refractivity contribution in [2.24, 2.45) is 0 Å². The van der Waals surface area contributed by atoms with E-state index >= 15 is 0 Å². The molecule has 42 heavy (non-hydrogen) atoms. The molecule has 1 spiro atoms. The molecule has 0 atom stereocenters. The topological polar surface area (TPSA) is 3.24 Å². The summed E-state index contributed by atoms with van der Waals surface area (Å²) in [5.74, 6) is 0. The molecule has 0 aliphatic heterocycles. The average Bonchev–Trinajstić information content (AvgIpc) is 3.52. The van der Waals surface area contributed by atoms with Crippen LogP contribution in [0.1, 0.15) is 47.2 Å². The molecule has 0 fully saturated rings. The second kappa shape index (κ2) is 9.60. The van der Waals surface area contributed by atoms with Crippen molar-refractivity contribution in [3.8, 4) is 22.3 Å². The Hall–Kier alpha value is -4.88. The highest BCUT2D eigenvalue weighted by molar-refractivity contribution is 5.96. The largest absolute Gasteiger partial charge is 0.310 e. The second-order valence-electron chi connectivity index (χ2n) is 11.4.